The molecule has 1 aromatic rings. The van der Waals surface area contributed by atoms with Crippen LogP contribution in [0, 0.1) is 19.7 Å². The Labute approximate surface area is 178 Å². The van der Waals surface area contributed by atoms with Crippen molar-refractivity contribution >= 4 is 0 Å². The number of hydrogen-bond acceptors (Lipinski definition) is 1. The summed E-state index contributed by atoms with van der Waals surface area (Å²) in [7, 11) is 0. The van der Waals surface area contributed by atoms with Crippen LogP contribution in [0.15, 0.2) is 51.0 Å². The van der Waals surface area contributed by atoms with E-state index in [2.05, 4.69) is 58.9 Å². The molecule has 1 nitrogen and oxygen atoms in total. The van der Waals surface area contributed by atoms with Gasteiger partial charge >= 0.3 is 0 Å². The molecule has 1 aromatic heterocycles. The molecular formula is C27H41FO. The van der Waals surface area contributed by atoms with Crippen LogP contribution in [0.1, 0.15) is 96.6 Å². The minimum absolute atomic E-state index is 0.173. The van der Waals surface area contributed by atoms with Gasteiger partial charge in [-0.2, -0.15) is 0 Å². The maximum absolute atomic E-state index is 14.0. The number of halogens is 1. The van der Waals surface area contributed by atoms with Crippen LogP contribution in [0.4, 0.5) is 4.39 Å². The van der Waals surface area contributed by atoms with E-state index in [4.69, 9.17) is 4.42 Å². The highest BCUT2D eigenvalue weighted by molar-refractivity contribution is 5.23. The van der Waals surface area contributed by atoms with E-state index >= 15 is 0 Å². The van der Waals surface area contributed by atoms with E-state index in [1.165, 1.54) is 28.7 Å². The van der Waals surface area contributed by atoms with Gasteiger partial charge in [-0.25, -0.2) is 4.39 Å². The Morgan fingerprint density at radius 3 is 1.55 bits per heavy atom. The number of rotatable bonds is 12. The minimum atomic E-state index is -0.173. The Balaban J connectivity index is 2.30. The summed E-state index contributed by atoms with van der Waals surface area (Å²) >= 11 is 0. The predicted molar refractivity (Wildman–Crippen MR) is 125 cm³/mol. The Morgan fingerprint density at radius 1 is 0.690 bits per heavy atom. The molecule has 0 radical (unpaired) electrons. The molecule has 0 saturated carbocycles. The van der Waals surface area contributed by atoms with Crippen LogP contribution in [0.5, 0.6) is 0 Å². The third kappa shape index (κ3) is 10.5. The first-order chi connectivity index (χ1) is 13.7. The summed E-state index contributed by atoms with van der Waals surface area (Å²) in [6.07, 6.45) is 17.6. The quantitative estimate of drug-likeness (QED) is 0.319. The Hall–Kier alpha value is -1.83. The summed E-state index contributed by atoms with van der Waals surface area (Å²) in [5.74, 6) is 0.941. The summed E-state index contributed by atoms with van der Waals surface area (Å²) in [5.41, 5.74) is 6.47. The van der Waals surface area contributed by atoms with Crippen molar-refractivity contribution in [3.63, 3.8) is 0 Å². The molecule has 0 aliphatic heterocycles. The second kappa shape index (κ2) is 13.4. The van der Waals surface area contributed by atoms with Gasteiger partial charge in [-0.15, -0.1) is 0 Å². The second-order valence-corrected chi connectivity index (χ2v) is 8.59. The van der Waals surface area contributed by atoms with E-state index in [1.807, 2.05) is 6.92 Å². The molecule has 0 spiro atoms. The molecule has 162 valence electrons. The van der Waals surface area contributed by atoms with Crippen molar-refractivity contribution < 1.29 is 8.81 Å². The number of allylic oxidation sites excluding steroid dienone is 8. The summed E-state index contributed by atoms with van der Waals surface area (Å²) in [6.45, 7) is 14.5. The van der Waals surface area contributed by atoms with Gasteiger partial charge < -0.3 is 4.42 Å². The van der Waals surface area contributed by atoms with E-state index in [0.29, 0.717) is 17.9 Å². The zero-order chi connectivity index (χ0) is 21.8. The highest BCUT2D eigenvalue weighted by Crippen LogP contribution is 2.22. The molecule has 1 heterocycles. The molecule has 0 atom stereocenters. The van der Waals surface area contributed by atoms with Gasteiger partial charge in [0.2, 0.25) is 0 Å². The number of furan rings is 1. The Morgan fingerprint density at radius 2 is 1.14 bits per heavy atom. The fourth-order valence-corrected chi connectivity index (χ4v) is 3.44. The van der Waals surface area contributed by atoms with E-state index < -0.39 is 0 Å². The maximum Gasteiger partial charge on any atom is 0.167 e. The molecule has 0 saturated heterocycles. The molecule has 1 rings (SSSR count). The number of aryl methyl sites for hydroxylation is 2. The summed E-state index contributed by atoms with van der Waals surface area (Å²) in [5, 5.41) is 0. The zero-order valence-corrected chi connectivity index (χ0v) is 19.8. The molecule has 0 bridgehead atoms. The highest BCUT2D eigenvalue weighted by atomic mass is 19.1. The standard InChI is InChI=1S/C27H41FO/c1-20(2)12-8-13-21(3)14-9-15-22(4)16-10-17-23(5)18-11-19-26-24(6)29-25(7)27(26)28/h12,14,16,18H,8-11,13,15,17,19H2,1-7H3. The van der Waals surface area contributed by atoms with Gasteiger partial charge in [-0.05, 0) is 99.8 Å². The highest BCUT2D eigenvalue weighted by Gasteiger charge is 2.13. The molecule has 0 fully saturated rings. The molecule has 29 heavy (non-hydrogen) atoms. The lowest BCUT2D eigenvalue weighted by molar-refractivity contribution is 0.478. The van der Waals surface area contributed by atoms with Crippen molar-refractivity contribution in [3.8, 4) is 0 Å². The fraction of sp³-hybridized carbons (Fsp3) is 0.556. The summed E-state index contributed by atoms with van der Waals surface area (Å²) < 4.78 is 19.3. The van der Waals surface area contributed by atoms with Gasteiger partial charge in [0.05, 0.1) is 0 Å². The van der Waals surface area contributed by atoms with Crippen LogP contribution in [0.3, 0.4) is 0 Å². The van der Waals surface area contributed by atoms with Crippen LogP contribution in [-0.2, 0) is 6.42 Å². The fourth-order valence-electron chi connectivity index (χ4n) is 3.44. The van der Waals surface area contributed by atoms with Gasteiger partial charge in [0, 0.05) is 5.56 Å². The SMILES string of the molecule is CC(C)=CCCC(C)=CCCC(C)=CCCC(C)=CCCc1c(C)oc(C)c1F. The molecule has 0 amide bonds. The first kappa shape index (κ1) is 25.2. The average Bonchev–Trinajstić information content (AvgIpc) is 2.87. The third-order valence-corrected chi connectivity index (χ3v) is 5.35. The van der Waals surface area contributed by atoms with Crippen molar-refractivity contribution in [3.05, 3.63) is 69.5 Å². The first-order valence-corrected chi connectivity index (χ1v) is 11.0. The van der Waals surface area contributed by atoms with E-state index in [0.717, 1.165) is 44.1 Å². The molecule has 0 aliphatic rings. The van der Waals surface area contributed by atoms with Gasteiger partial charge in [0.25, 0.3) is 0 Å². The molecular weight excluding hydrogens is 359 g/mol. The van der Waals surface area contributed by atoms with Gasteiger partial charge in [-0.3, -0.25) is 0 Å². The lowest BCUT2D eigenvalue weighted by atomic mass is 10.0. The topological polar surface area (TPSA) is 13.1 Å². The average molecular weight is 401 g/mol. The smallest absolute Gasteiger partial charge is 0.167 e. The molecule has 0 aliphatic carbocycles. The van der Waals surface area contributed by atoms with Gasteiger partial charge in [0.1, 0.15) is 11.5 Å². The predicted octanol–water partition coefficient (Wildman–Crippen LogP) is 9.11. The Bertz CT molecular complexity index is 752. The van der Waals surface area contributed by atoms with Gasteiger partial charge in [0.15, 0.2) is 5.82 Å². The summed E-state index contributed by atoms with van der Waals surface area (Å²) in [4.78, 5) is 0. The largest absolute Gasteiger partial charge is 0.463 e. The number of hydrogen-bond donors (Lipinski definition) is 0. The van der Waals surface area contributed by atoms with Crippen LogP contribution in [0.25, 0.3) is 0 Å². The van der Waals surface area contributed by atoms with Crippen LogP contribution in [-0.4, -0.2) is 0 Å². The lowest BCUT2D eigenvalue weighted by Crippen LogP contribution is -1.89. The van der Waals surface area contributed by atoms with E-state index in [-0.39, 0.29) is 5.82 Å². The normalized spacial score (nSPS) is 13.2. The van der Waals surface area contributed by atoms with Crippen molar-refractivity contribution in [2.75, 3.05) is 0 Å². The Kier molecular flexibility index (Phi) is 11.7. The minimum Gasteiger partial charge on any atom is -0.463 e. The molecule has 0 N–H and O–H groups in total. The second-order valence-electron chi connectivity index (χ2n) is 8.59. The van der Waals surface area contributed by atoms with Crippen molar-refractivity contribution in [2.45, 2.75) is 99.8 Å². The maximum atomic E-state index is 14.0. The molecule has 2 heteroatoms. The molecule has 0 aromatic carbocycles. The first-order valence-electron chi connectivity index (χ1n) is 11.0. The molecule has 0 unspecified atom stereocenters. The van der Waals surface area contributed by atoms with Crippen LogP contribution < -0.4 is 0 Å². The monoisotopic (exact) mass is 400 g/mol. The third-order valence-electron chi connectivity index (χ3n) is 5.35. The zero-order valence-electron chi connectivity index (χ0n) is 19.8. The van der Waals surface area contributed by atoms with Crippen molar-refractivity contribution in [2.24, 2.45) is 0 Å². The van der Waals surface area contributed by atoms with Crippen LogP contribution >= 0.6 is 0 Å². The van der Waals surface area contributed by atoms with Crippen molar-refractivity contribution in [1.82, 2.24) is 0 Å². The van der Waals surface area contributed by atoms with Gasteiger partial charge in [-0.1, -0.05) is 46.6 Å². The van der Waals surface area contributed by atoms with E-state index in [9.17, 15) is 4.39 Å². The summed E-state index contributed by atoms with van der Waals surface area (Å²) in [6, 6.07) is 0. The van der Waals surface area contributed by atoms with Crippen molar-refractivity contribution in [1.29, 1.82) is 0 Å². The lowest BCUT2D eigenvalue weighted by Gasteiger charge is -2.03. The van der Waals surface area contributed by atoms with Crippen LogP contribution in [0.2, 0.25) is 0 Å². The van der Waals surface area contributed by atoms with E-state index in [1.54, 1.807) is 6.92 Å².